The van der Waals surface area contributed by atoms with Crippen LogP contribution in [0.4, 0.5) is 4.39 Å². The van der Waals surface area contributed by atoms with E-state index in [1.54, 1.807) is 12.1 Å². The van der Waals surface area contributed by atoms with E-state index in [1.165, 1.54) is 13.2 Å². The van der Waals surface area contributed by atoms with Gasteiger partial charge in [-0.2, -0.15) is 0 Å². The fraction of sp³-hybridized carbons (Fsp3) is 0.571. The van der Waals surface area contributed by atoms with Crippen molar-refractivity contribution in [2.45, 2.75) is 32.0 Å². The molecule has 0 radical (unpaired) electrons. The zero-order valence-electron chi connectivity index (χ0n) is 10.7. The molecule has 0 heterocycles. The highest BCUT2D eigenvalue weighted by atomic mass is 19.1. The first-order chi connectivity index (χ1) is 8.74. The highest BCUT2D eigenvalue weighted by molar-refractivity contribution is 5.28. The highest BCUT2D eigenvalue weighted by Gasteiger charge is 2.26. The van der Waals surface area contributed by atoms with Gasteiger partial charge in [0, 0.05) is 11.6 Å². The summed E-state index contributed by atoms with van der Waals surface area (Å²) in [6.45, 7) is 0.951. The van der Waals surface area contributed by atoms with Crippen LogP contribution < -0.4 is 10.5 Å². The molecule has 1 aliphatic carbocycles. The van der Waals surface area contributed by atoms with E-state index in [2.05, 4.69) is 0 Å². The minimum Gasteiger partial charge on any atom is -0.497 e. The van der Waals surface area contributed by atoms with E-state index in [1.807, 2.05) is 0 Å². The lowest BCUT2D eigenvalue weighted by atomic mass is 10.1. The van der Waals surface area contributed by atoms with Gasteiger partial charge in [0.2, 0.25) is 0 Å². The van der Waals surface area contributed by atoms with Gasteiger partial charge in [0.15, 0.2) is 0 Å². The number of benzene rings is 1. The second-order valence-electron chi connectivity index (χ2n) is 4.73. The number of nitrogens with two attached hydrogens (primary N) is 1. The Kier molecular flexibility index (Phi) is 4.55. The lowest BCUT2D eigenvalue weighted by Gasteiger charge is -2.18. The molecule has 2 N–H and O–H groups in total. The highest BCUT2D eigenvalue weighted by Crippen LogP contribution is 2.28. The summed E-state index contributed by atoms with van der Waals surface area (Å²) < 4.78 is 24.5. The molecular weight excluding hydrogens is 233 g/mol. The maximum absolute atomic E-state index is 13.7. The van der Waals surface area contributed by atoms with Crippen molar-refractivity contribution in [3.05, 3.63) is 29.6 Å². The first-order valence-corrected chi connectivity index (χ1v) is 6.38. The molecule has 4 heteroatoms. The molecule has 1 aliphatic rings. The summed E-state index contributed by atoms with van der Waals surface area (Å²) in [5.41, 5.74) is 6.26. The summed E-state index contributed by atoms with van der Waals surface area (Å²) in [5, 5.41) is 0. The van der Waals surface area contributed by atoms with Crippen LogP contribution in [0.2, 0.25) is 0 Å². The lowest BCUT2D eigenvalue weighted by molar-refractivity contribution is 0.0169. The molecule has 0 aromatic heterocycles. The van der Waals surface area contributed by atoms with Crippen molar-refractivity contribution in [3.63, 3.8) is 0 Å². The molecule has 0 saturated heterocycles. The van der Waals surface area contributed by atoms with Gasteiger partial charge in [-0.3, -0.25) is 0 Å². The quantitative estimate of drug-likeness (QED) is 0.876. The van der Waals surface area contributed by atoms with Crippen LogP contribution in [0, 0.1) is 11.7 Å². The molecular formula is C14H20FNO2. The smallest absolute Gasteiger partial charge is 0.132 e. The monoisotopic (exact) mass is 253 g/mol. The Labute approximate surface area is 107 Å². The summed E-state index contributed by atoms with van der Waals surface area (Å²) in [5.74, 6) is 0.667. The van der Waals surface area contributed by atoms with Gasteiger partial charge in [-0.05, 0) is 31.4 Å². The number of methoxy groups -OCH3 is 1. The number of hydrogen-bond acceptors (Lipinski definition) is 3. The SMILES string of the molecule is COc1ccc(COC2CCCC2CN)c(F)c1. The van der Waals surface area contributed by atoms with Crippen molar-refractivity contribution in [2.24, 2.45) is 11.7 Å². The van der Waals surface area contributed by atoms with Gasteiger partial charge in [-0.25, -0.2) is 4.39 Å². The molecule has 0 aliphatic heterocycles. The fourth-order valence-corrected chi connectivity index (χ4v) is 2.46. The molecule has 1 aromatic rings. The average Bonchev–Trinajstić information content (AvgIpc) is 2.84. The van der Waals surface area contributed by atoms with E-state index >= 15 is 0 Å². The van der Waals surface area contributed by atoms with Gasteiger partial charge < -0.3 is 15.2 Å². The van der Waals surface area contributed by atoms with Crippen molar-refractivity contribution in [1.82, 2.24) is 0 Å². The van der Waals surface area contributed by atoms with Crippen molar-refractivity contribution in [1.29, 1.82) is 0 Å². The third kappa shape index (κ3) is 3.00. The Morgan fingerprint density at radius 1 is 1.39 bits per heavy atom. The maximum Gasteiger partial charge on any atom is 0.132 e. The van der Waals surface area contributed by atoms with Crippen molar-refractivity contribution >= 4 is 0 Å². The summed E-state index contributed by atoms with van der Waals surface area (Å²) >= 11 is 0. The minimum atomic E-state index is -0.281. The molecule has 2 unspecified atom stereocenters. The Morgan fingerprint density at radius 2 is 2.22 bits per heavy atom. The van der Waals surface area contributed by atoms with Crippen LogP contribution in [-0.4, -0.2) is 19.8 Å². The van der Waals surface area contributed by atoms with Gasteiger partial charge in [-0.15, -0.1) is 0 Å². The van der Waals surface area contributed by atoms with Crippen molar-refractivity contribution in [2.75, 3.05) is 13.7 Å². The summed E-state index contributed by atoms with van der Waals surface area (Å²) in [4.78, 5) is 0. The largest absolute Gasteiger partial charge is 0.497 e. The van der Waals surface area contributed by atoms with E-state index in [9.17, 15) is 4.39 Å². The van der Waals surface area contributed by atoms with E-state index in [-0.39, 0.29) is 11.9 Å². The number of rotatable bonds is 5. The molecule has 0 bridgehead atoms. The van der Waals surface area contributed by atoms with E-state index < -0.39 is 0 Å². The third-order valence-electron chi connectivity index (χ3n) is 3.61. The van der Waals surface area contributed by atoms with E-state index in [4.69, 9.17) is 15.2 Å². The molecule has 2 rings (SSSR count). The summed E-state index contributed by atoms with van der Waals surface area (Å²) in [7, 11) is 1.52. The van der Waals surface area contributed by atoms with Crippen LogP contribution in [0.25, 0.3) is 0 Å². The molecule has 3 nitrogen and oxygen atoms in total. The van der Waals surface area contributed by atoms with Crippen LogP contribution >= 0.6 is 0 Å². The van der Waals surface area contributed by atoms with Gasteiger partial charge in [-0.1, -0.05) is 12.5 Å². The summed E-state index contributed by atoms with van der Waals surface area (Å²) in [6, 6.07) is 4.84. The summed E-state index contributed by atoms with van der Waals surface area (Å²) in [6.07, 6.45) is 3.47. The average molecular weight is 253 g/mol. The topological polar surface area (TPSA) is 44.5 Å². The Morgan fingerprint density at radius 3 is 2.89 bits per heavy atom. The number of ether oxygens (including phenoxy) is 2. The van der Waals surface area contributed by atoms with Gasteiger partial charge >= 0.3 is 0 Å². The first-order valence-electron chi connectivity index (χ1n) is 6.38. The van der Waals surface area contributed by atoms with Crippen LogP contribution in [0.1, 0.15) is 24.8 Å². The molecule has 0 amide bonds. The Hall–Kier alpha value is -1.13. The molecule has 100 valence electrons. The molecule has 1 saturated carbocycles. The van der Waals surface area contributed by atoms with Crippen molar-refractivity contribution in [3.8, 4) is 5.75 Å². The predicted molar refractivity (Wildman–Crippen MR) is 67.9 cm³/mol. The van der Waals surface area contributed by atoms with Gasteiger partial charge in [0.05, 0.1) is 19.8 Å². The zero-order chi connectivity index (χ0) is 13.0. The lowest BCUT2D eigenvalue weighted by Crippen LogP contribution is -2.25. The molecule has 18 heavy (non-hydrogen) atoms. The fourth-order valence-electron chi connectivity index (χ4n) is 2.46. The Balaban J connectivity index is 1.93. The van der Waals surface area contributed by atoms with E-state index in [0.717, 1.165) is 19.3 Å². The van der Waals surface area contributed by atoms with Crippen molar-refractivity contribution < 1.29 is 13.9 Å². The van der Waals surface area contributed by atoms with Crippen LogP contribution in [0.15, 0.2) is 18.2 Å². The van der Waals surface area contributed by atoms with Gasteiger partial charge in [0.1, 0.15) is 11.6 Å². The molecule has 2 atom stereocenters. The Bertz CT molecular complexity index is 397. The van der Waals surface area contributed by atoms with E-state index in [0.29, 0.717) is 30.4 Å². The minimum absolute atomic E-state index is 0.177. The normalized spacial score (nSPS) is 23.3. The second kappa shape index (κ2) is 6.16. The number of hydrogen-bond donors (Lipinski definition) is 1. The molecule has 1 fully saturated rings. The molecule has 1 aromatic carbocycles. The molecule has 0 spiro atoms. The first kappa shape index (κ1) is 13.3. The number of halogens is 1. The second-order valence-corrected chi connectivity index (χ2v) is 4.73. The standard InChI is InChI=1S/C14H20FNO2/c1-17-12-6-5-11(13(15)7-12)9-18-14-4-2-3-10(14)8-16/h5-7,10,14H,2-4,8-9,16H2,1H3. The predicted octanol–water partition coefficient (Wildman–Crippen LogP) is 2.48. The third-order valence-corrected chi connectivity index (χ3v) is 3.61. The van der Waals surface area contributed by atoms with Crippen LogP contribution in [-0.2, 0) is 11.3 Å². The maximum atomic E-state index is 13.7. The van der Waals surface area contributed by atoms with Crippen LogP contribution in [0.3, 0.4) is 0 Å². The zero-order valence-corrected chi connectivity index (χ0v) is 10.7. The van der Waals surface area contributed by atoms with Crippen LogP contribution in [0.5, 0.6) is 5.75 Å². The van der Waals surface area contributed by atoms with Gasteiger partial charge in [0.25, 0.3) is 0 Å².